The second-order valence-corrected chi connectivity index (χ2v) is 6.34. The van der Waals surface area contributed by atoms with Gasteiger partial charge < -0.3 is 16.0 Å². The van der Waals surface area contributed by atoms with Gasteiger partial charge in [-0.3, -0.25) is 9.59 Å². The molecule has 1 aliphatic rings. The molecule has 0 aliphatic carbocycles. The van der Waals surface area contributed by atoms with Crippen molar-refractivity contribution in [2.45, 2.75) is 25.7 Å². The van der Waals surface area contributed by atoms with Gasteiger partial charge in [0.15, 0.2) is 0 Å². The van der Waals surface area contributed by atoms with Crippen molar-refractivity contribution in [2.75, 3.05) is 24.1 Å². The number of nitrogen functional groups attached to an aromatic ring is 1. The van der Waals surface area contributed by atoms with Gasteiger partial charge in [-0.2, -0.15) is 0 Å². The molecule has 130 valence electrons. The molecule has 0 spiro atoms. The molecule has 1 fully saturated rings. The van der Waals surface area contributed by atoms with E-state index in [0.717, 1.165) is 31.5 Å². The molecular weight excluding hydrogens is 314 g/mol. The van der Waals surface area contributed by atoms with E-state index in [-0.39, 0.29) is 11.8 Å². The van der Waals surface area contributed by atoms with Crippen LogP contribution in [0.4, 0.5) is 11.4 Å². The number of benzene rings is 2. The van der Waals surface area contributed by atoms with Crippen LogP contribution in [0.2, 0.25) is 0 Å². The van der Waals surface area contributed by atoms with Crippen LogP contribution in [0, 0.1) is 0 Å². The van der Waals surface area contributed by atoms with E-state index in [0.29, 0.717) is 29.8 Å². The summed E-state index contributed by atoms with van der Waals surface area (Å²) in [7, 11) is 0. The molecule has 0 unspecified atom stereocenters. The Labute approximate surface area is 147 Å². The van der Waals surface area contributed by atoms with E-state index in [9.17, 15) is 9.59 Å². The van der Waals surface area contributed by atoms with Crippen LogP contribution in [-0.4, -0.2) is 29.8 Å². The van der Waals surface area contributed by atoms with E-state index in [1.165, 1.54) is 0 Å². The predicted molar refractivity (Wildman–Crippen MR) is 99.4 cm³/mol. The number of nitrogens with two attached hydrogens (primary N) is 1. The number of aryl methyl sites for hydroxylation is 1. The minimum absolute atomic E-state index is 0.00997. The number of nitrogens with zero attached hydrogens (tertiary/aromatic N) is 1. The number of carbonyl (C=O) groups is 2. The zero-order valence-corrected chi connectivity index (χ0v) is 14.2. The van der Waals surface area contributed by atoms with Gasteiger partial charge in [0.25, 0.3) is 5.91 Å². The van der Waals surface area contributed by atoms with Crippen molar-refractivity contribution in [3.63, 3.8) is 0 Å². The predicted octanol–water partition coefficient (Wildman–Crippen LogP) is 3.08. The zero-order valence-electron chi connectivity index (χ0n) is 14.2. The number of carbonyl (C=O) groups excluding carboxylic acids is 2. The maximum absolute atomic E-state index is 12.6. The summed E-state index contributed by atoms with van der Waals surface area (Å²) in [5, 5.41) is 2.88. The fourth-order valence-electron chi connectivity index (χ4n) is 3.09. The van der Waals surface area contributed by atoms with Crippen molar-refractivity contribution >= 4 is 23.2 Å². The maximum Gasteiger partial charge on any atom is 0.255 e. The van der Waals surface area contributed by atoms with Gasteiger partial charge >= 0.3 is 0 Å². The summed E-state index contributed by atoms with van der Waals surface area (Å²) in [6, 6.07) is 14.7. The highest BCUT2D eigenvalue weighted by Gasteiger charge is 2.22. The number of para-hydroxylation sites is 1. The van der Waals surface area contributed by atoms with E-state index in [4.69, 9.17) is 5.73 Å². The molecule has 0 bridgehead atoms. The molecule has 3 N–H and O–H groups in total. The van der Waals surface area contributed by atoms with Crippen LogP contribution in [0.1, 0.15) is 35.2 Å². The van der Waals surface area contributed by atoms with Crippen LogP contribution in [0.25, 0.3) is 0 Å². The Morgan fingerprint density at radius 2 is 1.80 bits per heavy atom. The fourth-order valence-corrected chi connectivity index (χ4v) is 3.09. The Morgan fingerprint density at radius 1 is 1.04 bits per heavy atom. The summed E-state index contributed by atoms with van der Waals surface area (Å²) in [4.78, 5) is 26.8. The van der Waals surface area contributed by atoms with E-state index in [1.807, 2.05) is 41.3 Å². The molecule has 5 nitrogen and oxygen atoms in total. The van der Waals surface area contributed by atoms with Gasteiger partial charge in [-0.25, -0.2) is 0 Å². The number of anilines is 2. The monoisotopic (exact) mass is 337 g/mol. The number of hydrogen-bond donors (Lipinski definition) is 2. The smallest absolute Gasteiger partial charge is 0.255 e. The third-order valence-electron chi connectivity index (χ3n) is 4.42. The largest absolute Gasteiger partial charge is 0.399 e. The first-order valence-corrected chi connectivity index (χ1v) is 8.66. The highest BCUT2D eigenvalue weighted by molar-refractivity contribution is 6.03. The second kappa shape index (κ2) is 7.83. The van der Waals surface area contributed by atoms with E-state index >= 15 is 0 Å². The Hall–Kier alpha value is -2.82. The molecule has 0 saturated carbocycles. The van der Waals surface area contributed by atoms with E-state index in [1.54, 1.807) is 12.1 Å². The molecule has 0 radical (unpaired) electrons. The standard InChI is InChI=1S/C20H23N3O2/c21-16-7-5-6-15(14-16)10-11-19(24)22-18-9-2-1-8-17(18)20(25)23-12-3-4-13-23/h1-2,5-9,14H,3-4,10-13,21H2,(H,22,24). The highest BCUT2D eigenvalue weighted by atomic mass is 16.2. The summed E-state index contributed by atoms with van der Waals surface area (Å²) in [6.07, 6.45) is 3.04. The van der Waals surface area contributed by atoms with Gasteiger partial charge in [-0.05, 0) is 49.1 Å². The molecule has 2 amide bonds. The van der Waals surface area contributed by atoms with E-state index < -0.39 is 0 Å². The molecule has 0 atom stereocenters. The molecule has 2 aromatic rings. The van der Waals surface area contributed by atoms with Gasteiger partial charge in [0.2, 0.25) is 5.91 Å². The fraction of sp³-hybridized carbons (Fsp3) is 0.300. The Balaban J connectivity index is 1.64. The highest BCUT2D eigenvalue weighted by Crippen LogP contribution is 2.20. The molecule has 3 rings (SSSR count). The van der Waals surface area contributed by atoms with Crippen LogP contribution >= 0.6 is 0 Å². The molecular formula is C20H23N3O2. The molecule has 1 aliphatic heterocycles. The first-order valence-electron chi connectivity index (χ1n) is 8.66. The van der Waals surface area contributed by atoms with Crippen molar-refractivity contribution in [3.05, 3.63) is 59.7 Å². The van der Waals surface area contributed by atoms with Crippen molar-refractivity contribution < 1.29 is 9.59 Å². The molecule has 1 heterocycles. The van der Waals surface area contributed by atoms with Crippen LogP contribution in [0.5, 0.6) is 0 Å². The van der Waals surface area contributed by atoms with Gasteiger partial charge in [-0.1, -0.05) is 24.3 Å². The van der Waals surface area contributed by atoms with Crippen LogP contribution < -0.4 is 11.1 Å². The van der Waals surface area contributed by atoms with Crippen LogP contribution in [0.3, 0.4) is 0 Å². The number of likely N-dealkylation sites (tertiary alicyclic amines) is 1. The lowest BCUT2D eigenvalue weighted by molar-refractivity contribution is -0.116. The number of amides is 2. The number of nitrogens with one attached hydrogen (secondary N) is 1. The third kappa shape index (κ3) is 4.38. The topological polar surface area (TPSA) is 75.4 Å². The zero-order chi connectivity index (χ0) is 17.6. The normalized spacial score (nSPS) is 13.7. The average molecular weight is 337 g/mol. The molecule has 0 aromatic heterocycles. The quantitative estimate of drug-likeness (QED) is 0.823. The SMILES string of the molecule is Nc1cccc(CCC(=O)Nc2ccccc2C(=O)N2CCCC2)c1. The summed E-state index contributed by atoms with van der Waals surface area (Å²) in [5.74, 6) is -0.117. The van der Waals surface area contributed by atoms with Gasteiger partial charge in [0, 0.05) is 25.2 Å². The summed E-state index contributed by atoms with van der Waals surface area (Å²) in [5.41, 5.74) is 8.61. The minimum Gasteiger partial charge on any atom is -0.399 e. The van der Waals surface area contributed by atoms with Gasteiger partial charge in [0.1, 0.15) is 0 Å². The third-order valence-corrected chi connectivity index (χ3v) is 4.42. The maximum atomic E-state index is 12.6. The Bertz CT molecular complexity index is 767. The summed E-state index contributed by atoms with van der Waals surface area (Å²) < 4.78 is 0. The molecule has 25 heavy (non-hydrogen) atoms. The van der Waals surface area contributed by atoms with Crippen molar-refractivity contribution in [2.24, 2.45) is 0 Å². The first-order chi connectivity index (χ1) is 12.1. The van der Waals surface area contributed by atoms with Crippen molar-refractivity contribution in [1.29, 1.82) is 0 Å². The second-order valence-electron chi connectivity index (χ2n) is 6.34. The summed E-state index contributed by atoms with van der Waals surface area (Å²) in [6.45, 7) is 1.58. The van der Waals surface area contributed by atoms with Crippen molar-refractivity contribution in [3.8, 4) is 0 Å². The molecule has 1 saturated heterocycles. The lowest BCUT2D eigenvalue weighted by atomic mass is 10.1. The molecule has 2 aromatic carbocycles. The Kier molecular flexibility index (Phi) is 5.33. The van der Waals surface area contributed by atoms with Crippen LogP contribution in [0.15, 0.2) is 48.5 Å². The van der Waals surface area contributed by atoms with Crippen molar-refractivity contribution in [1.82, 2.24) is 4.90 Å². The number of hydrogen-bond acceptors (Lipinski definition) is 3. The minimum atomic E-state index is -0.107. The van der Waals surface area contributed by atoms with Gasteiger partial charge in [0.05, 0.1) is 11.3 Å². The Morgan fingerprint density at radius 3 is 2.56 bits per heavy atom. The first kappa shape index (κ1) is 17.0. The van der Waals surface area contributed by atoms with Crippen LogP contribution in [-0.2, 0) is 11.2 Å². The lowest BCUT2D eigenvalue weighted by Gasteiger charge is -2.18. The lowest BCUT2D eigenvalue weighted by Crippen LogP contribution is -2.28. The summed E-state index contributed by atoms with van der Waals surface area (Å²) >= 11 is 0. The number of rotatable bonds is 5. The molecule has 5 heteroatoms. The average Bonchev–Trinajstić information content (AvgIpc) is 3.15. The van der Waals surface area contributed by atoms with E-state index in [2.05, 4.69) is 5.32 Å². The van der Waals surface area contributed by atoms with Gasteiger partial charge in [-0.15, -0.1) is 0 Å².